The molecule has 0 saturated heterocycles. The van der Waals surface area contributed by atoms with Crippen LogP contribution in [0.5, 0.6) is 11.5 Å². The zero-order chi connectivity index (χ0) is 28.6. The maximum absolute atomic E-state index is 13.2. The second kappa shape index (κ2) is 13.2. The third-order valence-corrected chi connectivity index (χ3v) is 6.94. The highest BCUT2D eigenvalue weighted by Gasteiger charge is 2.27. The molecule has 2 heterocycles. The third kappa shape index (κ3) is 6.48. The number of nitrogens with one attached hydrogen (secondary N) is 1. The quantitative estimate of drug-likeness (QED) is 0.250. The van der Waals surface area contributed by atoms with Crippen molar-refractivity contribution in [2.24, 2.45) is 0 Å². The van der Waals surface area contributed by atoms with Gasteiger partial charge in [0.25, 0.3) is 5.56 Å². The Morgan fingerprint density at radius 1 is 1.10 bits per heavy atom. The summed E-state index contributed by atoms with van der Waals surface area (Å²) in [6.07, 6.45) is 1.32. The van der Waals surface area contributed by atoms with Crippen LogP contribution in [0, 0.1) is 6.92 Å². The summed E-state index contributed by atoms with van der Waals surface area (Å²) in [4.78, 5) is 30.7. The van der Waals surface area contributed by atoms with E-state index in [0.29, 0.717) is 48.8 Å². The maximum Gasteiger partial charge on any atom is 0.327 e. The number of ether oxygens (including phenoxy) is 3. The Morgan fingerprint density at radius 2 is 1.90 bits per heavy atom. The topological polar surface area (TPSA) is 124 Å². The number of hydrogen-bond acceptors (Lipinski definition) is 9. The van der Waals surface area contributed by atoms with E-state index >= 15 is 0 Å². The molecular weight excluding hydrogens is 512 g/mol. The first-order valence-electron chi connectivity index (χ1n) is 13.4. The van der Waals surface area contributed by atoms with E-state index in [1.54, 1.807) is 21.1 Å². The van der Waals surface area contributed by atoms with Gasteiger partial charge in [0.15, 0.2) is 17.3 Å². The normalized spacial score (nSPS) is 12.1. The molecule has 0 unspecified atom stereocenters. The number of H-pyrrole nitrogens is 1. The first-order valence-corrected chi connectivity index (χ1v) is 13.4. The van der Waals surface area contributed by atoms with Gasteiger partial charge < -0.3 is 19.2 Å². The van der Waals surface area contributed by atoms with E-state index in [4.69, 9.17) is 14.2 Å². The highest BCUT2D eigenvalue weighted by Crippen LogP contribution is 2.29. The Kier molecular flexibility index (Phi) is 9.49. The first kappa shape index (κ1) is 28.8. The number of pyridine rings is 1. The Hall–Kier alpha value is -4.25. The lowest BCUT2D eigenvalue weighted by atomic mass is 10.1. The minimum Gasteiger partial charge on any atom is -0.493 e. The van der Waals surface area contributed by atoms with Crippen molar-refractivity contribution >= 4 is 16.9 Å². The number of aromatic nitrogens is 5. The summed E-state index contributed by atoms with van der Waals surface area (Å²) in [7, 11) is 3.21. The number of carbonyl (C=O) groups excluding carboxylic acids is 1. The molecule has 0 radical (unpaired) electrons. The van der Waals surface area contributed by atoms with E-state index in [2.05, 4.69) is 25.4 Å². The summed E-state index contributed by atoms with van der Waals surface area (Å²) in [5, 5.41) is 13.2. The summed E-state index contributed by atoms with van der Waals surface area (Å²) >= 11 is 0. The van der Waals surface area contributed by atoms with E-state index in [0.717, 1.165) is 22.0 Å². The molecule has 0 fully saturated rings. The lowest BCUT2D eigenvalue weighted by Gasteiger charge is -2.30. The van der Waals surface area contributed by atoms with Crippen molar-refractivity contribution < 1.29 is 19.0 Å². The molecule has 1 atom stereocenters. The highest BCUT2D eigenvalue weighted by atomic mass is 16.5. The fourth-order valence-corrected chi connectivity index (χ4v) is 4.91. The van der Waals surface area contributed by atoms with Gasteiger partial charge in [-0.2, -0.15) is 0 Å². The molecule has 4 rings (SSSR count). The van der Waals surface area contributed by atoms with E-state index in [1.807, 2.05) is 56.3 Å². The van der Waals surface area contributed by atoms with E-state index in [-0.39, 0.29) is 24.8 Å². The van der Waals surface area contributed by atoms with Crippen LogP contribution in [0.1, 0.15) is 48.8 Å². The number of tetrazole rings is 1. The predicted molar refractivity (Wildman–Crippen MR) is 150 cm³/mol. The Bertz CT molecular complexity index is 1510. The van der Waals surface area contributed by atoms with Crippen LogP contribution < -0.4 is 15.0 Å². The minimum absolute atomic E-state index is 0.0912. The van der Waals surface area contributed by atoms with Crippen molar-refractivity contribution in [2.75, 3.05) is 27.4 Å². The van der Waals surface area contributed by atoms with Gasteiger partial charge in [0.1, 0.15) is 6.54 Å². The molecule has 11 nitrogen and oxygen atoms in total. The third-order valence-electron chi connectivity index (χ3n) is 6.94. The van der Waals surface area contributed by atoms with Crippen LogP contribution in [0.4, 0.5) is 0 Å². The number of esters is 1. The summed E-state index contributed by atoms with van der Waals surface area (Å²) in [6, 6.07) is 13.5. The number of hydrogen-bond donors (Lipinski definition) is 1. The lowest BCUT2D eigenvalue weighted by Crippen LogP contribution is -2.34. The number of benzene rings is 2. The molecule has 0 aliphatic heterocycles. The molecule has 40 heavy (non-hydrogen) atoms. The van der Waals surface area contributed by atoms with Crippen LogP contribution in [0.25, 0.3) is 10.9 Å². The van der Waals surface area contributed by atoms with Crippen molar-refractivity contribution in [3.8, 4) is 11.5 Å². The van der Waals surface area contributed by atoms with Gasteiger partial charge in [0, 0.05) is 18.7 Å². The number of aryl methyl sites for hydroxylation is 1. The van der Waals surface area contributed by atoms with Crippen LogP contribution in [-0.4, -0.2) is 63.4 Å². The van der Waals surface area contributed by atoms with Crippen molar-refractivity contribution in [3.05, 3.63) is 75.3 Å². The Labute approximate surface area is 233 Å². The molecule has 0 bridgehead atoms. The SMILES string of the molecule is CCOC(=O)Cn1nnnc1[C@@H](CC)N(CCc1ccc(OC)c(OC)c1)Cc1cc2cccc(C)c2[nH]c1=O. The zero-order valence-corrected chi connectivity index (χ0v) is 23.6. The molecule has 212 valence electrons. The van der Waals surface area contributed by atoms with Crippen LogP contribution >= 0.6 is 0 Å². The summed E-state index contributed by atoms with van der Waals surface area (Å²) in [5.74, 6) is 1.43. The van der Waals surface area contributed by atoms with E-state index < -0.39 is 5.97 Å². The molecule has 2 aromatic heterocycles. The molecule has 0 spiro atoms. The van der Waals surface area contributed by atoms with Gasteiger partial charge in [0.2, 0.25) is 0 Å². The number of fused-ring (bicyclic) bond motifs is 1. The Morgan fingerprint density at radius 3 is 2.62 bits per heavy atom. The van der Waals surface area contributed by atoms with Gasteiger partial charge in [-0.15, -0.1) is 5.10 Å². The molecule has 4 aromatic rings. The summed E-state index contributed by atoms with van der Waals surface area (Å²) in [5.41, 5.74) is 3.38. The van der Waals surface area contributed by atoms with Crippen molar-refractivity contribution in [1.82, 2.24) is 30.1 Å². The van der Waals surface area contributed by atoms with Gasteiger partial charge in [-0.25, -0.2) is 4.68 Å². The molecule has 0 amide bonds. The molecular formula is C29H36N6O5. The van der Waals surface area contributed by atoms with Crippen LogP contribution in [0.3, 0.4) is 0 Å². The zero-order valence-electron chi connectivity index (χ0n) is 23.6. The van der Waals surface area contributed by atoms with Gasteiger partial charge in [-0.1, -0.05) is 31.2 Å². The molecule has 0 saturated carbocycles. The van der Waals surface area contributed by atoms with E-state index in [1.165, 1.54) is 4.68 Å². The number of methoxy groups -OCH3 is 2. The number of para-hydroxylation sites is 1. The van der Waals surface area contributed by atoms with E-state index in [9.17, 15) is 9.59 Å². The Balaban J connectivity index is 1.69. The maximum atomic E-state index is 13.2. The smallest absolute Gasteiger partial charge is 0.327 e. The molecule has 2 aromatic carbocycles. The molecule has 0 aliphatic rings. The van der Waals surface area contributed by atoms with Gasteiger partial charge in [0.05, 0.1) is 32.4 Å². The average molecular weight is 549 g/mol. The fourth-order valence-electron chi connectivity index (χ4n) is 4.91. The second-order valence-electron chi connectivity index (χ2n) is 9.50. The average Bonchev–Trinajstić information content (AvgIpc) is 3.40. The van der Waals surface area contributed by atoms with Crippen LogP contribution in [0.15, 0.2) is 47.3 Å². The highest BCUT2D eigenvalue weighted by molar-refractivity contribution is 5.81. The minimum atomic E-state index is -0.413. The molecule has 1 N–H and O–H groups in total. The fraction of sp³-hybridized carbons (Fsp3) is 0.414. The van der Waals surface area contributed by atoms with Crippen molar-refractivity contribution in [3.63, 3.8) is 0 Å². The summed E-state index contributed by atoms with van der Waals surface area (Å²) in [6.45, 7) is 6.89. The number of aromatic amines is 1. The standard InChI is InChI=1S/C29H36N6O5/c1-6-23(28-31-32-33-35(28)18-26(36)40-7-2)34(14-13-20-11-12-24(38-4)25(15-20)39-5)17-22-16-21-10-8-9-19(3)27(21)30-29(22)37/h8-12,15-16,23H,6-7,13-14,17-18H2,1-5H3,(H,30,37)/t23-/m1/s1. The largest absolute Gasteiger partial charge is 0.493 e. The summed E-state index contributed by atoms with van der Waals surface area (Å²) < 4.78 is 17.5. The monoisotopic (exact) mass is 548 g/mol. The number of nitrogens with zero attached hydrogens (tertiary/aromatic N) is 5. The van der Waals surface area contributed by atoms with Crippen molar-refractivity contribution in [2.45, 2.75) is 52.7 Å². The number of carbonyl (C=O) groups is 1. The van der Waals surface area contributed by atoms with Gasteiger partial charge >= 0.3 is 5.97 Å². The van der Waals surface area contributed by atoms with Crippen LogP contribution in [-0.2, 0) is 29.0 Å². The lowest BCUT2D eigenvalue weighted by molar-refractivity contribution is -0.144. The second-order valence-corrected chi connectivity index (χ2v) is 9.50. The predicted octanol–water partition coefficient (Wildman–Crippen LogP) is 3.60. The number of rotatable bonds is 13. The molecule has 11 heteroatoms. The van der Waals surface area contributed by atoms with Gasteiger partial charge in [-0.3, -0.25) is 14.5 Å². The first-order chi connectivity index (χ1) is 19.4. The van der Waals surface area contributed by atoms with Crippen LogP contribution in [0.2, 0.25) is 0 Å². The molecule has 0 aliphatic carbocycles. The van der Waals surface area contributed by atoms with Crippen molar-refractivity contribution in [1.29, 1.82) is 0 Å². The van der Waals surface area contributed by atoms with Gasteiger partial charge in [-0.05, 0) is 71.8 Å².